The third kappa shape index (κ3) is 1.15. The van der Waals surface area contributed by atoms with E-state index < -0.39 is 9.84 Å². The summed E-state index contributed by atoms with van der Waals surface area (Å²) in [5.74, 6) is 0.258. The lowest BCUT2D eigenvalue weighted by atomic mass is 10.3. The van der Waals surface area contributed by atoms with Gasteiger partial charge < -0.3 is 0 Å². The number of rotatable bonds is 0. The highest BCUT2D eigenvalue weighted by Crippen LogP contribution is 2.17. The maximum absolute atomic E-state index is 10.9. The third-order valence-corrected chi connectivity index (χ3v) is 3.64. The van der Waals surface area contributed by atoms with Gasteiger partial charge in [-0.05, 0) is 13.8 Å². The van der Waals surface area contributed by atoms with Gasteiger partial charge in [0.15, 0.2) is 9.84 Å². The first-order valence-electron chi connectivity index (χ1n) is 2.91. The van der Waals surface area contributed by atoms with E-state index >= 15 is 0 Å². The maximum atomic E-state index is 10.9. The summed E-state index contributed by atoms with van der Waals surface area (Å²) >= 11 is 0. The van der Waals surface area contributed by atoms with E-state index in [0.717, 1.165) is 5.57 Å². The van der Waals surface area contributed by atoms with Crippen LogP contribution in [0.2, 0.25) is 0 Å². The Labute approximate surface area is 55.5 Å². The molecule has 0 saturated carbocycles. The monoisotopic (exact) mass is 146 g/mol. The lowest BCUT2D eigenvalue weighted by Gasteiger charge is -1.96. The van der Waals surface area contributed by atoms with Crippen molar-refractivity contribution < 1.29 is 8.42 Å². The highest BCUT2D eigenvalue weighted by Gasteiger charge is 2.24. The van der Waals surface area contributed by atoms with Crippen LogP contribution in [0.3, 0.4) is 0 Å². The minimum atomic E-state index is -2.77. The molecule has 0 spiro atoms. The number of sulfone groups is 1. The zero-order chi connectivity index (χ0) is 7.07. The van der Waals surface area contributed by atoms with Gasteiger partial charge in [0, 0.05) is 0 Å². The molecule has 2 nitrogen and oxygen atoms in total. The third-order valence-electron chi connectivity index (χ3n) is 1.51. The first-order chi connectivity index (χ1) is 4.02. The molecule has 0 aromatic rings. The van der Waals surface area contributed by atoms with Gasteiger partial charge in [0.05, 0.1) is 11.0 Å². The summed E-state index contributed by atoms with van der Waals surface area (Å²) in [5.41, 5.74) is 0.975. The standard InChI is InChI=1S/C6H10O2S/c1-5-3-6(2)9(7,8)4-5/h3,6H,4H2,1-2H3/t6-/m0/s1. The van der Waals surface area contributed by atoms with Crippen LogP contribution in [0.15, 0.2) is 11.6 Å². The second kappa shape index (κ2) is 1.84. The van der Waals surface area contributed by atoms with Crippen molar-refractivity contribution in [1.82, 2.24) is 0 Å². The van der Waals surface area contributed by atoms with Gasteiger partial charge in [-0.1, -0.05) is 11.6 Å². The topological polar surface area (TPSA) is 34.1 Å². The van der Waals surface area contributed by atoms with E-state index in [1.807, 2.05) is 6.92 Å². The predicted molar refractivity (Wildman–Crippen MR) is 37.0 cm³/mol. The van der Waals surface area contributed by atoms with Crippen molar-refractivity contribution in [3.8, 4) is 0 Å². The smallest absolute Gasteiger partial charge is 0.160 e. The lowest BCUT2D eigenvalue weighted by molar-refractivity contribution is 0.596. The van der Waals surface area contributed by atoms with Crippen LogP contribution >= 0.6 is 0 Å². The summed E-state index contributed by atoms with van der Waals surface area (Å²) in [6.07, 6.45) is 1.80. The Hall–Kier alpha value is -0.310. The van der Waals surface area contributed by atoms with E-state index in [1.165, 1.54) is 0 Å². The summed E-state index contributed by atoms with van der Waals surface area (Å²) in [5, 5.41) is -0.252. The summed E-state index contributed by atoms with van der Waals surface area (Å²) < 4.78 is 21.8. The average Bonchev–Trinajstić information content (AvgIpc) is 1.79. The minimum Gasteiger partial charge on any atom is -0.228 e. The molecule has 0 aromatic heterocycles. The minimum absolute atomic E-state index is 0.252. The summed E-state index contributed by atoms with van der Waals surface area (Å²) in [7, 11) is -2.77. The predicted octanol–water partition coefficient (Wildman–Crippen LogP) is 0.750. The second-order valence-corrected chi connectivity index (χ2v) is 4.88. The first-order valence-corrected chi connectivity index (χ1v) is 4.63. The summed E-state index contributed by atoms with van der Waals surface area (Å²) in [6, 6.07) is 0. The van der Waals surface area contributed by atoms with Crippen LogP contribution in [0.1, 0.15) is 13.8 Å². The van der Waals surface area contributed by atoms with Gasteiger partial charge in [-0.2, -0.15) is 0 Å². The molecule has 9 heavy (non-hydrogen) atoms. The fourth-order valence-corrected chi connectivity index (χ4v) is 2.43. The molecule has 0 amide bonds. The van der Waals surface area contributed by atoms with Crippen molar-refractivity contribution >= 4 is 9.84 Å². The molecule has 0 radical (unpaired) electrons. The second-order valence-electron chi connectivity index (χ2n) is 2.53. The molecule has 3 heteroatoms. The van der Waals surface area contributed by atoms with Gasteiger partial charge in [0.2, 0.25) is 0 Å². The molecule has 1 aliphatic heterocycles. The fraction of sp³-hybridized carbons (Fsp3) is 0.667. The molecule has 0 aliphatic carbocycles. The summed E-state index contributed by atoms with van der Waals surface area (Å²) in [4.78, 5) is 0. The largest absolute Gasteiger partial charge is 0.228 e. The van der Waals surface area contributed by atoms with E-state index in [0.29, 0.717) is 0 Å². The van der Waals surface area contributed by atoms with Crippen molar-refractivity contribution in [3.05, 3.63) is 11.6 Å². The molecule has 1 heterocycles. The average molecular weight is 146 g/mol. The van der Waals surface area contributed by atoms with Crippen LogP contribution in [0.5, 0.6) is 0 Å². The molecule has 0 saturated heterocycles. The molecule has 1 atom stereocenters. The van der Waals surface area contributed by atoms with Crippen LogP contribution < -0.4 is 0 Å². The molecule has 1 rings (SSSR count). The van der Waals surface area contributed by atoms with E-state index in [4.69, 9.17) is 0 Å². The quantitative estimate of drug-likeness (QED) is 0.472. The van der Waals surface area contributed by atoms with Crippen LogP contribution in [-0.4, -0.2) is 19.4 Å². The van der Waals surface area contributed by atoms with Crippen LogP contribution in [0, 0.1) is 0 Å². The Morgan fingerprint density at radius 3 is 2.33 bits per heavy atom. The van der Waals surface area contributed by atoms with E-state index in [9.17, 15) is 8.42 Å². The van der Waals surface area contributed by atoms with Gasteiger partial charge in [0.1, 0.15) is 0 Å². The summed E-state index contributed by atoms with van der Waals surface area (Å²) in [6.45, 7) is 3.56. The van der Waals surface area contributed by atoms with Gasteiger partial charge in [-0.15, -0.1) is 0 Å². The van der Waals surface area contributed by atoms with Gasteiger partial charge >= 0.3 is 0 Å². The van der Waals surface area contributed by atoms with E-state index in [2.05, 4.69) is 0 Å². The Balaban J connectivity index is 2.98. The molecule has 1 aliphatic rings. The Bertz CT molecular complexity index is 236. The molecule has 0 fully saturated rings. The van der Waals surface area contributed by atoms with Crippen molar-refractivity contribution in [3.63, 3.8) is 0 Å². The Morgan fingerprint density at radius 2 is 2.22 bits per heavy atom. The van der Waals surface area contributed by atoms with Crippen molar-refractivity contribution in [2.24, 2.45) is 0 Å². The maximum Gasteiger partial charge on any atom is 0.160 e. The van der Waals surface area contributed by atoms with Crippen molar-refractivity contribution in [1.29, 1.82) is 0 Å². The van der Waals surface area contributed by atoms with Crippen LogP contribution in [0.25, 0.3) is 0 Å². The number of hydrogen-bond donors (Lipinski definition) is 0. The molecule has 0 aromatic carbocycles. The Kier molecular flexibility index (Phi) is 1.39. The molecule has 0 bridgehead atoms. The van der Waals surface area contributed by atoms with E-state index in [-0.39, 0.29) is 11.0 Å². The lowest BCUT2D eigenvalue weighted by Crippen LogP contribution is -2.11. The van der Waals surface area contributed by atoms with Crippen LogP contribution in [-0.2, 0) is 9.84 Å². The van der Waals surface area contributed by atoms with Crippen molar-refractivity contribution in [2.45, 2.75) is 19.1 Å². The molecule has 0 unspecified atom stereocenters. The van der Waals surface area contributed by atoms with Crippen molar-refractivity contribution in [2.75, 3.05) is 5.75 Å². The zero-order valence-corrected chi connectivity index (χ0v) is 6.40. The molecule has 52 valence electrons. The van der Waals surface area contributed by atoms with Gasteiger partial charge in [0.25, 0.3) is 0 Å². The fourth-order valence-electron chi connectivity index (χ4n) is 1.00. The Morgan fingerprint density at radius 1 is 1.67 bits per heavy atom. The highest BCUT2D eigenvalue weighted by atomic mass is 32.2. The van der Waals surface area contributed by atoms with Crippen LogP contribution in [0.4, 0.5) is 0 Å². The zero-order valence-electron chi connectivity index (χ0n) is 5.59. The highest BCUT2D eigenvalue weighted by molar-refractivity contribution is 7.92. The number of hydrogen-bond acceptors (Lipinski definition) is 2. The molecular formula is C6H10O2S. The molecular weight excluding hydrogens is 136 g/mol. The SMILES string of the molecule is CC1=C[C@H](C)S(=O)(=O)C1. The van der Waals surface area contributed by atoms with Gasteiger partial charge in [-0.3, -0.25) is 0 Å². The normalized spacial score (nSPS) is 32.2. The molecule has 0 N–H and O–H groups in total. The van der Waals surface area contributed by atoms with Gasteiger partial charge in [-0.25, -0.2) is 8.42 Å². The first kappa shape index (κ1) is 6.81. The van der Waals surface area contributed by atoms with E-state index in [1.54, 1.807) is 13.0 Å².